The van der Waals surface area contributed by atoms with Crippen LogP contribution in [0.5, 0.6) is 0 Å². The number of carbonyl (C=O) groups is 1. The zero-order chi connectivity index (χ0) is 19.8. The maximum absolute atomic E-state index is 12.8. The molecule has 7 heteroatoms. The molecule has 0 aliphatic heterocycles. The number of nitrogens with one attached hydrogen (secondary N) is 1. The van der Waals surface area contributed by atoms with Crippen molar-refractivity contribution in [3.8, 4) is 0 Å². The summed E-state index contributed by atoms with van der Waals surface area (Å²) in [5.41, 5.74) is 3.61. The lowest BCUT2D eigenvalue weighted by molar-refractivity contribution is 0.102. The molecule has 27 heavy (non-hydrogen) atoms. The fourth-order valence-corrected chi connectivity index (χ4v) is 3.68. The van der Waals surface area contributed by atoms with Crippen LogP contribution in [0.25, 0.3) is 10.9 Å². The second-order valence-electron chi connectivity index (χ2n) is 6.60. The Morgan fingerprint density at radius 2 is 1.67 bits per heavy atom. The van der Waals surface area contributed by atoms with Crippen molar-refractivity contribution >= 4 is 32.5 Å². The Hall–Kier alpha value is -2.77. The monoisotopic (exact) mass is 383 g/mol. The van der Waals surface area contributed by atoms with Crippen molar-refractivity contribution in [1.82, 2.24) is 9.29 Å². The van der Waals surface area contributed by atoms with Crippen LogP contribution in [-0.4, -0.2) is 37.7 Å². The molecule has 0 atom stereocenters. The largest absolute Gasteiger partial charge is 0.322 e. The Morgan fingerprint density at radius 3 is 2.30 bits per heavy atom. The van der Waals surface area contributed by atoms with E-state index >= 15 is 0 Å². The van der Waals surface area contributed by atoms with Crippen LogP contribution in [0.3, 0.4) is 0 Å². The smallest absolute Gasteiger partial charge is 0.256 e. The van der Waals surface area contributed by atoms with E-state index in [0.29, 0.717) is 11.3 Å². The molecule has 1 N–H and O–H groups in total. The third-order valence-electron chi connectivity index (χ3n) is 4.23. The van der Waals surface area contributed by atoms with Crippen LogP contribution in [0, 0.1) is 13.8 Å². The SMILES string of the molecule is Cc1ccc2nc(C)cc(C(=O)Nc3ccc(S(=O)(=O)N(C)C)cc3)c2c1. The molecule has 1 heterocycles. The Balaban J connectivity index is 1.92. The predicted molar refractivity (Wildman–Crippen MR) is 106 cm³/mol. The van der Waals surface area contributed by atoms with E-state index in [9.17, 15) is 13.2 Å². The molecule has 0 fully saturated rings. The average Bonchev–Trinajstić information content (AvgIpc) is 2.61. The van der Waals surface area contributed by atoms with Gasteiger partial charge in [-0.3, -0.25) is 9.78 Å². The first-order valence-electron chi connectivity index (χ1n) is 8.40. The number of benzene rings is 2. The molecular weight excluding hydrogens is 362 g/mol. The summed E-state index contributed by atoms with van der Waals surface area (Å²) >= 11 is 0. The number of amides is 1. The lowest BCUT2D eigenvalue weighted by Crippen LogP contribution is -2.22. The van der Waals surface area contributed by atoms with E-state index in [-0.39, 0.29) is 10.8 Å². The van der Waals surface area contributed by atoms with E-state index in [0.717, 1.165) is 26.5 Å². The standard InChI is InChI=1S/C20H21N3O3S/c1-13-5-10-19-17(11-13)18(12-14(2)21-19)20(24)22-15-6-8-16(9-7-15)27(25,26)23(3)4/h5-12H,1-4H3,(H,22,24). The molecule has 0 saturated carbocycles. The Morgan fingerprint density at radius 1 is 1.00 bits per heavy atom. The Bertz CT molecular complexity index is 1120. The van der Waals surface area contributed by atoms with E-state index in [1.54, 1.807) is 18.2 Å². The van der Waals surface area contributed by atoms with E-state index in [4.69, 9.17) is 0 Å². The summed E-state index contributed by atoms with van der Waals surface area (Å²) in [4.78, 5) is 17.5. The molecule has 0 unspecified atom stereocenters. The molecule has 0 radical (unpaired) electrons. The minimum atomic E-state index is -3.50. The van der Waals surface area contributed by atoms with Gasteiger partial charge in [0.25, 0.3) is 5.91 Å². The fourth-order valence-electron chi connectivity index (χ4n) is 2.78. The number of fused-ring (bicyclic) bond motifs is 1. The van der Waals surface area contributed by atoms with Crippen LogP contribution in [0.1, 0.15) is 21.6 Å². The third-order valence-corrected chi connectivity index (χ3v) is 6.06. The highest BCUT2D eigenvalue weighted by Crippen LogP contribution is 2.22. The van der Waals surface area contributed by atoms with Crippen molar-refractivity contribution in [1.29, 1.82) is 0 Å². The summed E-state index contributed by atoms with van der Waals surface area (Å²) < 4.78 is 25.4. The molecule has 3 aromatic rings. The summed E-state index contributed by atoms with van der Waals surface area (Å²) in [6.45, 7) is 3.81. The first kappa shape index (κ1) is 19.0. The van der Waals surface area contributed by atoms with Crippen LogP contribution in [0.15, 0.2) is 53.4 Å². The highest BCUT2D eigenvalue weighted by molar-refractivity contribution is 7.89. The van der Waals surface area contributed by atoms with E-state index < -0.39 is 10.0 Å². The van der Waals surface area contributed by atoms with Crippen molar-refractivity contribution in [2.75, 3.05) is 19.4 Å². The molecule has 0 saturated heterocycles. The summed E-state index contributed by atoms with van der Waals surface area (Å²) in [5.74, 6) is -0.265. The second-order valence-corrected chi connectivity index (χ2v) is 8.75. The number of hydrogen-bond donors (Lipinski definition) is 1. The van der Waals surface area contributed by atoms with Crippen molar-refractivity contribution in [2.45, 2.75) is 18.7 Å². The number of nitrogens with zero attached hydrogens (tertiary/aromatic N) is 2. The summed E-state index contributed by atoms with van der Waals surface area (Å²) in [7, 11) is -0.549. The van der Waals surface area contributed by atoms with Crippen LogP contribution in [0.4, 0.5) is 5.69 Å². The lowest BCUT2D eigenvalue weighted by atomic mass is 10.0. The van der Waals surface area contributed by atoms with Gasteiger partial charge in [0, 0.05) is 30.9 Å². The molecule has 140 valence electrons. The Labute approximate surface area is 158 Å². The lowest BCUT2D eigenvalue weighted by Gasteiger charge is -2.12. The van der Waals surface area contributed by atoms with Crippen molar-refractivity contribution in [3.05, 3.63) is 65.4 Å². The van der Waals surface area contributed by atoms with Gasteiger partial charge in [0.1, 0.15) is 0 Å². The normalized spacial score (nSPS) is 11.7. The molecule has 1 aromatic heterocycles. The topological polar surface area (TPSA) is 79.4 Å². The number of sulfonamides is 1. The van der Waals surface area contributed by atoms with Crippen LogP contribution in [0.2, 0.25) is 0 Å². The van der Waals surface area contributed by atoms with Gasteiger partial charge in [-0.25, -0.2) is 12.7 Å². The quantitative estimate of drug-likeness (QED) is 0.749. The van der Waals surface area contributed by atoms with Gasteiger partial charge >= 0.3 is 0 Å². The van der Waals surface area contributed by atoms with Gasteiger partial charge in [0.2, 0.25) is 10.0 Å². The van der Waals surface area contributed by atoms with Crippen LogP contribution in [-0.2, 0) is 10.0 Å². The number of rotatable bonds is 4. The van der Waals surface area contributed by atoms with Gasteiger partial charge < -0.3 is 5.32 Å². The molecule has 3 rings (SSSR count). The highest BCUT2D eigenvalue weighted by Gasteiger charge is 2.17. The van der Waals surface area contributed by atoms with Gasteiger partial charge in [0.05, 0.1) is 16.0 Å². The number of aryl methyl sites for hydroxylation is 2. The zero-order valence-corrected chi connectivity index (χ0v) is 16.5. The van der Waals surface area contributed by atoms with Crippen molar-refractivity contribution < 1.29 is 13.2 Å². The fraction of sp³-hybridized carbons (Fsp3) is 0.200. The summed E-state index contributed by atoms with van der Waals surface area (Å²) in [5, 5.41) is 3.61. The van der Waals surface area contributed by atoms with Crippen molar-refractivity contribution in [2.24, 2.45) is 0 Å². The van der Waals surface area contributed by atoms with Gasteiger partial charge in [-0.1, -0.05) is 11.6 Å². The molecule has 0 bridgehead atoms. The molecule has 0 aliphatic rings. The number of hydrogen-bond acceptors (Lipinski definition) is 4. The van der Waals surface area contributed by atoms with E-state index in [1.165, 1.54) is 26.2 Å². The first-order valence-corrected chi connectivity index (χ1v) is 9.84. The maximum Gasteiger partial charge on any atom is 0.256 e. The number of pyridine rings is 1. The van der Waals surface area contributed by atoms with Gasteiger partial charge in [0.15, 0.2) is 0 Å². The molecule has 1 amide bonds. The number of anilines is 1. The minimum absolute atomic E-state index is 0.173. The number of carbonyl (C=O) groups excluding carboxylic acids is 1. The maximum atomic E-state index is 12.8. The molecule has 0 spiro atoms. The first-order chi connectivity index (χ1) is 12.7. The van der Waals surface area contributed by atoms with Gasteiger partial charge in [-0.15, -0.1) is 0 Å². The third kappa shape index (κ3) is 3.84. The predicted octanol–water partition coefficient (Wildman–Crippen LogP) is 3.35. The molecule has 0 aliphatic carbocycles. The van der Waals surface area contributed by atoms with Gasteiger partial charge in [-0.2, -0.15) is 0 Å². The van der Waals surface area contributed by atoms with Crippen molar-refractivity contribution in [3.63, 3.8) is 0 Å². The zero-order valence-electron chi connectivity index (χ0n) is 15.6. The molecular formula is C20H21N3O3S. The highest BCUT2D eigenvalue weighted by atomic mass is 32.2. The number of aromatic nitrogens is 1. The minimum Gasteiger partial charge on any atom is -0.322 e. The summed E-state index contributed by atoms with van der Waals surface area (Å²) in [6, 6.07) is 13.7. The van der Waals surface area contributed by atoms with E-state index in [2.05, 4.69) is 10.3 Å². The van der Waals surface area contributed by atoms with E-state index in [1.807, 2.05) is 32.0 Å². The van der Waals surface area contributed by atoms with Crippen LogP contribution >= 0.6 is 0 Å². The van der Waals surface area contributed by atoms with Crippen LogP contribution < -0.4 is 5.32 Å². The van der Waals surface area contributed by atoms with Gasteiger partial charge in [-0.05, 0) is 56.3 Å². The molecule has 2 aromatic carbocycles. The summed E-state index contributed by atoms with van der Waals surface area (Å²) in [6.07, 6.45) is 0. The Kier molecular flexibility index (Phi) is 4.99. The molecule has 6 nitrogen and oxygen atoms in total. The second kappa shape index (κ2) is 7.09. The average molecular weight is 383 g/mol.